The minimum Gasteiger partial charge on any atom is -0.361 e. The van der Waals surface area contributed by atoms with Gasteiger partial charge in [-0.3, -0.25) is 0 Å². The van der Waals surface area contributed by atoms with E-state index in [1.165, 1.54) is 0 Å². The Kier molecular flexibility index (Phi) is 3.93. The standard InChI is InChI=1S/C9H12Cl3N3/c1-14(2)8-6(11)5(10)7(12)9(13-8)15(3)4/h1-4H3. The van der Waals surface area contributed by atoms with E-state index < -0.39 is 0 Å². The van der Waals surface area contributed by atoms with E-state index in [2.05, 4.69) is 4.98 Å². The summed E-state index contributed by atoms with van der Waals surface area (Å²) in [5.74, 6) is 1.21. The SMILES string of the molecule is CN(C)c1nc(N(C)C)c(Cl)c(Cl)c1Cl. The molecule has 0 fully saturated rings. The smallest absolute Gasteiger partial charge is 0.150 e. The van der Waals surface area contributed by atoms with Gasteiger partial charge in [-0.15, -0.1) is 0 Å². The molecule has 0 aliphatic rings. The number of halogens is 3. The van der Waals surface area contributed by atoms with Crippen LogP contribution in [0.25, 0.3) is 0 Å². The van der Waals surface area contributed by atoms with Crippen molar-refractivity contribution in [1.82, 2.24) is 4.98 Å². The zero-order valence-electron chi connectivity index (χ0n) is 8.98. The molecule has 0 radical (unpaired) electrons. The van der Waals surface area contributed by atoms with Crippen LogP contribution in [0.5, 0.6) is 0 Å². The van der Waals surface area contributed by atoms with E-state index in [0.717, 1.165) is 0 Å². The molecule has 1 heterocycles. The Morgan fingerprint density at radius 1 is 0.733 bits per heavy atom. The number of hydrogen-bond acceptors (Lipinski definition) is 3. The van der Waals surface area contributed by atoms with Crippen molar-refractivity contribution >= 4 is 46.4 Å². The molecule has 0 atom stereocenters. The summed E-state index contributed by atoms with van der Waals surface area (Å²) in [4.78, 5) is 7.91. The average Bonchev–Trinajstić information content (AvgIpc) is 2.13. The van der Waals surface area contributed by atoms with E-state index in [1.54, 1.807) is 9.80 Å². The van der Waals surface area contributed by atoms with E-state index in [0.29, 0.717) is 26.7 Å². The molecule has 6 heteroatoms. The lowest BCUT2D eigenvalue weighted by Crippen LogP contribution is -2.16. The van der Waals surface area contributed by atoms with Gasteiger partial charge in [0.15, 0.2) is 11.6 Å². The third-order valence-electron chi connectivity index (χ3n) is 1.84. The van der Waals surface area contributed by atoms with Crippen molar-refractivity contribution in [3.8, 4) is 0 Å². The highest BCUT2D eigenvalue weighted by Gasteiger charge is 2.18. The van der Waals surface area contributed by atoms with Gasteiger partial charge in [-0.2, -0.15) is 0 Å². The van der Waals surface area contributed by atoms with Crippen LogP contribution < -0.4 is 9.80 Å². The number of anilines is 2. The number of pyridine rings is 1. The minimum absolute atomic E-state index is 0.334. The van der Waals surface area contributed by atoms with Gasteiger partial charge in [-0.1, -0.05) is 34.8 Å². The van der Waals surface area contributed by atoms with Gasteiger partial charge in [0.25, 0.3) is 0 Å². The lowest BCUT2D eigenvalue weighted by atomic mass is 10.4. The van der Waals surface area contributed by atoms with Crippen LogP contribution in [0, 0.1) is 0 Å². The van der Waals surface area contributed by atoms with E-state index >= 15 is 0 Å². The molecule has 0 aliphatic heterocycles. The van der Waals surface area contributed by atoms with Gasteiger partial charge >= 0.3 is 0 Å². The summed E-state index contributed by atoms with van der Waals surface area (Å²) < 4.78 is 0. The zero-order valence-corrected chi connectivity index (χ0v) is 11.2. The van der Waals surface area contributed by atoms with Crippen LogP contribution in [0.15, 0.2) is 0 Å². The van der Waals surface area contributed by atoms with E-state index in [4.69, 9.17) is 34.8 Å². The highest BCUT2D eigenvalue weighted by Crippen LogP contribution is 2.40. The third kappa shape index (κ3) is 2.41. The summed E-state index contributed by atoms with van der Waals surface area (Å²) in [5, 5.41) is 1.08. The molecule has 0 bridgehead atoms. The van der Waals surface area contributed by atoms with Crippen molar-refractivity contribution in [3.63, 3.8) is 0 Å². The fourth-order valence-corrected chi connectivity index (χ4v) is 1.91. The van der Waals surface area contributed by atoms with E-state index in [-0.39, 0.29) is 0 Å². The van der Waals surface area contributed by atoms with E-state index in [9.17, 15) is 0 Å². The molecule has 0 spiro atoms. The molecule has 0 saturated heterocycles. The number of nitrogens with zero attached hydrogens (tertiary/aromatic N) is 3. The van der Waals surface area contributed by atoms with Crippen molar-refractivity contribution in [3.05, 3.63) is 15.1 Å². The molecule has 1 aromatic rings. The molecule has 1 aromatic heterocycles. The first kappa shape index (κ1) is 12.7. The molecule has 0 amide bonds. The fourth-order valence-electron chi connectivity index (χ4n) is 1.08. The maximum Gasteiger partial charge on any atom is 0.150 e. The highest BCUT2D eigenvalue weighted by molar-refractivity contribution is 6.50. The maximum absolute atomic E-state index is 6.03. The third-order valence-corrected chi connectivity index (χ3v) is 3.12. The summed E-state index contributed by atoms with van der Waals surface area (Å²) in [6, 6.07) is 0. The first-order valence-electron chi connectivity index (χ1n) is 4.25. The molecule has 84 valence electrons. The van der Waals surface area contributed by atoms with Gasteiger partial charge in [0.05, 0.1) is 5.02 Å². The summed E-state index contributed by atoms with van der Waals surface area (Å²) >= 11 is 18.1. The Labute approximate surface area is 105 Å². The molecule has 0 aromatic carbocycles. The maximum atomic E-state index is 6.03. The van der Waals surface area contributed by atoms with Crippen LogP contribution in [-0.2, 0) is 0 Å². The summed E-state index contributed by atoms with van der Waals surface area (Å²) in [5.41, 5.74) is 0. The molecule has 0 N–H and O–H groups in total. The van der Waals surface area contributed by atoms with Gasteiger partial charge in [0.2, 0.25) is 0 Å². The molecule has 1 rings (SSSR count). The van der Waals surface area contributed by atoms with Crippen LogP contribution in [-0.4, -0.2) is 33.2 Å². The van der Waals surface area contributed by atoms with Crippen molar-refractivity contribution < 1.29 is 0 Å². The van der Waals surface area contributed by atoms with Crippen LogP contribution in [0.2, 0.25) is 15.1 Å². The predicted molar refractivity (Wildman–Crippen MR) is 67.9 cm³/mol. The van der Waals surface area contributed by atoms with Gasteiger partial charge < -0.3 is 9.80 Å². The summed E-state index contributed by atoms with van der Waals surface area (Å²) in [7, 11) is 7.38. The Hall–Kier alpha value is -0.380. The summed E-state index contributed by atoms with van der Waals surface area (Å²) in [6.07, 6.45) is 0. The van der Waals surface area contributed by atoms with E-state index in [1.807, 2.05) is 28.2 Å². The predicted octanol–water partition coefficient (Wildman–Crippen LogP) is 3.17. The van der Waals surface area contributed by atoms with Crippen molar-refractivity contribution in [2.24, 2.45) is 0 Å². The monoisotopic (exact) mass is 267 g/mol. The Bertz CT molecular complexity index is 345. The largest absolute Gasteiger partial charge is 0.361 e. The molecule has 0 aliphatic carbocycles. The number of hydrogen-bond donors (Lipinski definition) is 0. The average molecular weight is 269 g/mol. The molecule has 0 saturated carbocycles. The quantitative estimate of drug-likeness (QED) is 0.821. The second kappa shape index (κ2) is 4.64. The fraction of sp³-hybridized carbons (Fsp3) is 0.444. The highest BCUT2D eigenvalue weighted by atomic mass is 35.5. The second-order valence-electron chi connectivity index (χ2n) is 3.49. The van der Waals surface area contributed by atoms with Gasteiger partial charge in [0, 0.05) is 28.2 Å². The lowest BCUT2D eigenvalue weighted by molar-refractivity contribution is 1.02. The Morgan fingerprint density at radius 3 is 1.33 bits per heavy atom. The first-order chi connectivity index (χ1) is 6.86. The zero-order chi connectivity index (χ0) is 11.7. The molecule has 3 nitrogen and oxygen atoms in total. The van der Waals surface area contributed by atoms with Gasteiger partial charge in [-0.05, 0) is 0 Å². The van der Waals surface area contributed by atoms with Crippen molar-refractivity contribution in [2.75, 3.05) is 38.0 Å². The first-order valence-corrected chi connectivity index (χ1v) is 5.38. The van der Waals surface area contributed by atoms with Crippen molar-refractivity contribution in [1.29, 1.82) is 0 Å². The van der Waals surface area contributed by atoms with Crippen LogP contribution in [0.4, 0.5) is 11.6 Å². The minimum atomic E-state index is 0.334. The second-order valence-corrected chi connectivity index (χ2v) is 4.62. The number of rotatable bonds is 2. The Morgan fingerprint density at radius 2 is 1.07 bits per heavy atom. The molecule has 15 heavy (non-hydrogen) atoms. The van der Waals surface area contributed by atoms with Gasteiger partial charge in [-0.25, -0.2) is 4.98 Å². The van der Waals surface area contributed by atoms with Crippen molar-refractivity contribution in [2.45, 2.75) is 0 Å². The van der Waals surface area contributed by atoms with Crippen LogP contribution in [0.1, 0.15) is 0 Å². The number of aromatic nitrogens is 1. The van der Waals surface area contributed by atoms with Crippen LogP contribution >= 0.6 is 34.8 Å². The molecular weight excluding hydrogens is 256 g/mol. The normalized spacial score (nSPS) is 10.3. The lowest BCUT2D eigenvalue weighted by Gasteiger charge is -2.20. The summed E-state index contributed by atoms with van der Waals surface area (Å²) in [6.45, 7) is 0. The Balaban J connectivity index is 3.45. The topological polar surface area (TPSA) is 19.4 Å². The molecule has 0 unspecified atom stereocenters. The molecular formula is C9H12Cl3N3. The van der Waals surface area contributed by atoms with Gasteiger partial charge in [0.1, 0.15) is 10.0 Å². The van der Waals surface area contributed by atoms with Crippen LogP contribution in [0.3, 0.4) is 0 Å².